The molecule has 0 aliphatic heterocycles. The van der Waals surface area contributed by atoms with E-state index < -0.39 is 0 Å². The summed E-state index contributed by atoms with van der Waals surface area (Å²) in [5, 5.41) is 3.68. The zero-order chi connectivity index (χ0) is 14.1. The Bertz CT molecular complexity index is 330. The maximum Gasteiger partial charge on any atom is 0.118 e. The summed E-state index contributed by atoms with van der Waals surface area (Å²) < 4.78 is 5.23. The highest BCUT2D eigenvalue weighted by molar-refractivity contribution is 5.29. The van der Waals surface area contributed by atoms with E-state index in [0.29, 0.717) is 6.04 Å². The number of hydrogen-bond acceptors (Lipinski definition) is 2. The summed E-state index contributed by atoms with van der Waals surface area (Å²) >= 11 is 0. The summed E-state index contributed by atoms with van der Waals surface area (Å²) in [6, 6.07) is 8.96. The third kappa shape index (κ3) is 5.23. The molecule has 1 aromatic rings. The fraction of sp³-hybridized carbons (Fsp3) is 0.647. The molecule has 0 heterocycles. The van der Waals surface area contributed by atoms with Crippen LogP contribution in [0.4, 0.5) is 0 Å². The first-order valence-electron chi connectivity index (χ1n) is 7.62. The second-order valence-electron chi connectivity index (χ2n) is 5.20. The van der Waals surface area contributed by atoms with Crippen molar-refractivity contribution in [1.82, 2.24) is 5.32 Å². The monoisotopic (exact) mass is 263 g/mol. The largest absolute Gasteiger partial charge is 0.497 e. The first-order valence-corrected chi connectivity index (χ1v) is 7.62. The SMILES string of the molecule is CCCNC(CC(CC)CC)c1ccc(OC)cc1. The van der Waals surface area contributed by atoms with Gasteiger partial charge < -0.3 is 10.1 Å². The van der Waals surface area contributed by atoms with Crippen LogP contribution in [0, 0.1) is 5.92 Å². The van der Waals surface area contributed by atoms with Crippen LogP contribution < -0.4 is 10.1 Å². The normalized spacial score (nSPS) is 12.7. The molecule has 0 saturated carbocycles. The highest BCUT2D eigenvalue weighted by Crippen LogP contribution is 2.26. The van der Waals surface area contributed by atoms with E-state index in [2.05, 4.69) is 50.4 Å². The minimum Gasteiger partial charge on any atom is -0.497 e. The molecule has 0 fully saturated rings. The van der Waals surface area contributed by atoms with E-state index in [-0.39, 0.29) is 0 Å². The van der Waals surface area contributed by atoms with Crippen LogP contribution in [0.15, 0.2) is 24.3 Å². The lowest BCUT2D eigenvalue weighted by Crippen LogP contribution is -2.24. The minimum absolute atomic E-state index is 0.468. The number of hydrogen-bond donors (Lipinski definition) is 1. The minimum atomic E-state index is 0.468. The fourth-order valence-electron chi connectivity index (χ4n) is 2.45. The molecule has 1 rings (SSSR count). The lowest BCUT2D eigenvalue weighted by Gasteiger charge is -2.23. The molecule has 108 valence electrons. The third-order valence-electron chi connectivity index (χ3n) is 3.88. The van der Waals surface area contributed by atoms with Gasteiger partial charge in [0.25, 0.3) is 0 Å². The van der Waals surface area contributed by atoms with Crippen LogP contribution in [0.25, 0.3) is 0 Å². The number of methoxy groups -OCH3 is 1. The van der Waals surface area contributed by atoms with Gasteiger partial charge in [-0.25, -0.2) is 0 Å². The number of rotatable bonds is 9. The fourth-order valence-corrected chi connectivity index (χ4v) is 2.45. The van der Waals surface area contributed by atoms with Crippen molar-refractivity contribution in [2.45, 2.75) is 52.5 Å². The van der Waals surface area contributed by atoms with E-state index >= 15 is 0 Å². The number of nitrogens with one attached hydrogen (secondary N) is 1. The summed E-state index contributed by atoms with van der Waals surface area (Å²) in [6.45, 7) is 7.88. The smallest absolute Gasteiger partial charge is 0.118 e. The van der Waals surface area contributed by atoms with Crippen LogP contribution in [0.2, 0.25) is 0 Å². The van der Waals surface area contributed by atoms with E-state index in [1.807, 2.05) is 0 Å². The standard InChI is InChI=1S/C17H29NO/c1-5-12-18-17(13-14(6-2)7-3)15-8-10-16(19-4)11-9-15/h8-11,14,17-18H,5-7,12-13H2,1-4H3. The van der Waals surface area contributed by atoms with E-state index in [1.165, 1.54) is 31.2 Å². The van der Waals surface area contributed by atoms with Crippen LogP contribution in [0.3, 0.4) is 0 Å². The summed E-state index contributed by atoms with van der Waals surface area (Å²) in [7, 11) is 1.71. The Morgan fingerprint density at radius 2 is 1.68 bits per heavy atom. The predicted molar refractivity (Wildman–Crippen MR) is 82.7 cm³/mol. The van der Waals surface area contributed by atoms with Crippen molar-refractivity contribution in [2.24, 2.45) is 5.92 Å². The van der Waals surface area contributed by atoms with Gasteiger partial charge in [-0.05, 0) is 43.0 Å². The van der Waals surface area contributed by atoms with Crippen LogP contribution in [-0.2, 0) is 0 Å². The van der Waals surface area contributed by atoms with Crippen molar-refractivity contribution in [3.05, 3.63) is 29.8 Å². The zero-order valence-corrected chi connectivity index (χ0v) is 12.9. The molecule has 1 atom stereocenters. The molecule has 2 heteroatoms. The average molecular weight is 263 g/mol. The van der Waals surface area contributed by atoms with Crippen LogP contribution >= 0.6 is 0 Å². The molecular weight excluding hydrogens is 234 g/mol. The Labute approximate surface area is 118 Å². The molecule has 0 radical (unpaired) electrons. The summed E-state index contributed by atoms with van der Waals surface area (Å²) in [5.41, 5.74) is 1.38. The molecule has 1 N–H and O–H groups in total. The Hall–Kier alpha value is -1.02. The van der Waals surface area contributed by atoms with E-state index in [4.69, 9.17) is 4.74 Å². The maximum atomic E-state index is 5.23. The quantitative estimate of drug-likeness (QED) is 0.705. The van der Waals surface area contributed by atoms with Crippen molar-refractivity contribution in [3.63, 3.8) is 0 Å². The number of ether oxygens (including phenoxy) is 1. The first-order chi connectivity index (χ1) is 9.24. The van der Waals surface area contributed by atoms with Gasteiger partial charge in [0.1, 0.15) is 5.75 Å². The molecular formula is C17H29NO. The molecule has 1 aromatic carbocycles. The highest BCUT2D eigenvalue weighted by atomic mass is 16.5. The highest BCUT2D eigenvalue weighted by Gasteiger charge is 2.15. The maximum absolute atomic E-state index is 5.23. The molecule has 0 amide bonds. The van der Waals surface area contributed by atoms with Gasteiger partial charge in [0.05, 0.1) is 7.11 Å². The number of benzene rings is 1. The summed E-state index contributed by atoms with van der Waals surface area (Å²) in [4.78, 5) is 0. The molecule has 2 nitrogen and oxygen atoms in total. The van der Waals surface area contributed by atoms with E-state index in [1.54, 1.807) is 7.11 Å². The molecule has 0 aliphatic carbocycles. The van der Waals surface area contributed by atoms with Crippen molar-refractivity contribution >= 4 is 0 Å². The molecule has 1 unspecified atom stereocenters. The van der Waals surface area contributed by atoms with Crippen molar-refractivity contribution < 1.29 is 4.74 Å². The molecule has 19 heavy (non-hydrogen) atoms. The van der Waals surface area contributed by atoms with Crippen molar-refractivity contribution in [1.29, 1.82) is 0 Å². The Balaban J connectivity index is 2.75. The molecule has 0 spiro atoms. The van der Waals surface area contributed by atoms with Crippen molar-refractivity contribution in [2.75, 3.05) is 13.7 Å². The van der Waals surface area contributed by atoms with Gasteiger partial charge in [0.2, 0.25) is 0 Å². The topological polar surface area (TPSA) is 21.3 Å². The van der Waals surface area contributed by atoms with Crippen molar-refractivity contribution in [3.8, 4) is 5.75 Å². The lowest BCUT2D eigenvalue weighted by molar-refractivity contribution is 0.370. The van der Waals surface area contributed by atoms with Gasteiger partial charge >= 0.3 is 0 Å². The Morgan fingerprint density at radius 3 is 2.16 bits per heavy atom. The second kappa shape index (κ2) is 8.98. The molecule has 0 saturated heterocycles. The Morgan fingerprint density at radius 1 is 1.05 bits per heavy atom. The van der Waals surface area contributed by atoms with Gasteiger partial charge in [0, 0.05) is 6.04 Å². The molecule has 0 aliphatic rings. The van der Waals surface area contributed by atoms with Gasteiger partial charge in [-0.3, -0.25) is 0 Å². The van der Waals surface area contributed by atoms with Crippen LogP contribution in [-0.4, -0.2) is 13.7 Å². The predicted octanol–water partition coefficient (Wildman–Crippen LogP) is 4.56. The Kier molecular flexibility index (Phi) is 7.57. The second-order valence-corrected chi connectivity index (χ2v) is 5.20. The van der Waals surface area contributed by atoms with E-state index in [9.17, 15) is 0 Å². The van der Waals surface area contributed by atoms with Crippen LogP contribution in [0.5, 0.6) is 5.75 Å². The first kappa shape index (κ1) is 16.0. The van der Waals surface area contributed by atoms with Gasteiger partial charge in [0.15, 0.2) is 0 Å². The molecule has 0 aromatic heterocycles. The summed E-state index contributed by atoms with van der Waals surface area (Å²) in [5.74, 6) is 1.73. The van der Waals surface area contributed by atoms with Gasteiger partial charge in [-0.2, -0.15) is 0 Å². The van der Waals surface area contributed by atoms with Crippen LogP contribution in [0.1, 0.15) is 58.1 Å². The van der Waals surface area contributed by atoms with Gasteiger partial charge in [-0.1, -0.05) is 45.7 Å². The zero-order valence-electron chi connectivity index (χ0n) is 12.9. The average Bonchev–Trinajstić information content (AvgIpc) is 2.48. The third-order valence-corrected chi connectivity index (χ3v) is 3.88. The summed E-state index contributed by atoms with van der Waals surface area (Å²) in [6.07, 6.45) is 4.92. The lowest BCUT2D eigenvalue weighted by atomic mass is 9.91. The van der Waals surface area contributed by atoms with E-state index in [0.717, 1.165) is 18.2 Å². The molecule has 0 bridgehead atoms. The van der Waals surface area contributed by atoms with Gasteiger partial charge in [-0.15, -0.1) is 0 Å².